The molecular weight excluding hydrogens is 1790 g/mol. The third-order valence-electron chi connectivity index (χ3n) is 40.7. The van der Waals surface area contributed by atoms with Gasteiger partial charge in [-0.15, -0.1) is 0 Å². The first-order valence-corrected chi connectivity index (χ1v) is 57.1. The van der Waals surface area contributed by atoms with E-state index in [1.807, 2.05) is 41.5 Å². The monoisotopic (exact) mass is 1990 g/mol. The first-order valence-electron chi connectivity index (χ1n) is 57.1. The fourth-order valence-corrected chi connectivity index (χ4v) is 34.7. The fraction of sp³-hybridized carbons (Fsp3) is 0.806. The van der Waals surface area contributed by atoms with Crippen LogP contribution in [0, 0.1) is 134 Å². The van der Waals surface area contributed by atoms with Crippen LogP contribution in [0.4, 0.5) is 0 Å². The van der Waals surface area contributed by atoms with Crippen LogP contribution < -0.4 is 0 Å². The van der Waals surface area contributed by atoms with E-state index in [0.29, 0.717) is 80.7 Å². The molecule has 0 amide bonds. The molecule has 2 spiro atoms. The minimum absolute atomic E-state index is 0.00435. The molecule has 19 heteroatoms. The molecule has 22 fully saturated rings. The van der Waals surface area contributed by atoms with Gasteiger partial charge < -0.3 is 52.1 Å². The summed E-state index contributed by atoms with van der Waals surface area (Å²) < 4.78 is 62.5. The van der Waals surface area contributed by atoms with Crippen molar-refractivity contribution in [2.24, 2.45) is 134 Å². The lowest BCUT2D eigenvalue weighted by molar-refractivity contribution is -0.244. The molecule has 804 valence electrons. The van der Waals surface area contributed by atoms with E-state index in [9.17, 15) is 38.4 Å². The third-order valence-corrected chi connectivity index (χ3v) is 40.7. The Balaban J connectivity index is 0.000000146. The van der Waals surface area contributed by atoms with Crippen LogP contribution in [0.3, 0.4) is 0 Å². The zero-order chi connectivity index (χ0) is 105. The fourth-order valence-electron chi connectivity index (χ4n) is 34.7. The molecule has 22 rings (SSSR count). The lowest BCUT2D eigenvalue weighted by Gasteiger charge is -2.56. The smallest absolute Gasteiger partial charge is 0.335 e. The van der Waals surface area contributed by atoms with Crippen molar-refractivity contribution in [2.75, 3.05) is 0 Å². The van der Waals surface area contributed by atoms with Crippen LogP contribution in [0.15, 0.2) is 99.2 Å². The van der Waals surface area contributed by atoms with Crippen molar-refractivity contribution < 1.29 is 90.5 Å². The zero-order valence-corrected chi connectivity index (χ0v) is 92.7. The maximum Gasteiger partial charge on any atom is 0.335 e. The van der Waals surface area contributed by atoms with Gasteiger partial charge in [-0.05, 0) is 450 Å². The lowest BCUT2D eigenvalue weighted by atomic mass is 9.54. The standard InChI is InChI=1S/C19H30O2.C18H28O2.C17H28O2.C16H24O3.2C15H22O3.C13H22O2.C11H18O2/c1-12(2)16(20)21-18(6)9-10-19-11-15(18)17(4,5)14(19)8-7-13(19)3;1-6-15(19)20-17(5)9-10-18-11-14(17)16(3,4)13(18)8-7-12(18)2;1-3-16(18)19-17(2,14-10-6-4-7-11-14)15-12-8-5-9-13-15;1-10(2)15(17)18-11(3)19-16-7-12-4-13(8-16)6-14(5-12)9-16;1-3-14(16)17-10(2)18-15-7-11-4-12(8-15)6-13(5-11)9-15;1-3-14(16)17-9(2)18-15-12-5-10-4-11(7-12)8-13(15)6-10;1-10(2)12(14)15-13(3,4)11-8-6-5-7-9-11;1-9(2)10(12)13-11(3)7-5-4-6-8-11/h13-15H,1,7-11H2,2-6H3;6,12-14H,1,7-11H2,2-5H3;3,14-15H,1,4-13H2,2H3;11-14H,1,4-9H2,2-3H3;3,10-13H,1,4-9H2,2H3;3,9-13,15H,1,4-8H2,2H3;11H,1,5-9H2,2-4H3;1,4-8H2,2-3H3. The summed E-state index contributed by atoms with van der Waals surface area (Å²) in [6, 6.07) is 0. The first kappa shape index (κ1) is 115. The maximum atomic E-state index is 12.1. The van der Waals surface area contributed by atoms with Gasteiger partial charge >= 0.3 is 47.8 Å². The molecule has 0 aromatic heterocycles. The molecule has 0 heterocycles. The van der Waals surface area contributed by atoms with Crippen LogP contribution in [-0.4, -0.2) is 112 Å². The van der Waals surface area contributed by atoms with E-state index >= 15 is 0 Å². The van der Waals surface area contributed by atoms with Crippen molar-refractivity contribution >= 4 is 47.8 Å². The molecule has 19 nitrogen and oxygen atoms in total. The summed E-state index contributed by atoms with van der Waals surface area (Å²) in [5.41, 5.74) is 2.06. The average molecular weight is 1990 g/mol. The van der Waals surface area contributed by atoms with E-state index in [4.69, 9.17) is 52.1 Å². The highest BCUT2D eigenvalue weighted by Gasteiger charge is 2.71. The number of esters is 8. The number of hydrogen-bond donors (Lipinski definition) is 0. The van der Waals surface area contributed by atoms with Gasteiger partial charge in [0, 0.05) is 58.4 Å². The molecule has 22 saturated carbocycles. The summed E-state index contributed by atoms with van der Waals surface area (Å²) in [5, 5.41) is 0. The molecule has 16 bridgehead atoms. The predicted molar refractivity (Wildman–Crippen MR) is 564 cm³/mol. The third kappa shape index (κ3) is 27.5. The summed E-state index contributed by atoms with van der Waals surface area (Å²) >= 11 is 0. The highest BCUT2D eigenvalue weighted by Crippen LogP contribution is 2.76. The molecule has 0 aliphatic heterocycles. The van der Waals surface area contributed by atoms with Crippen molar-refractivity contribution in [3.63, 3.8) is 0 Å². The van der Waals surface area contributed by atoms with Gasteiger partial charge in [-0.1, -0.05) is 158 Å². The Kier molecular flexibility index (Phi) is 38.5. The number of ether oxygens (including phenoxy) is 11. The zero-order valence-electron chi connectivity index (χ0n) is 92.7. The molecule has 0 N–H and O–H groups in total. The number of carbonyl (C=O) groups excluding carboxylic acids is 8. The van der Waals surface area contributed by atoms with Gasteiger partial charge in [-0.25, -0.2) is 38.4 Å². The Morgan fingerprint density at radius 3 is 1.03 bits per heavy atom. The van der Waals surface area contributed by atoms with Crippen molar-refractivity contribution in [1.82, 2.24) is 0 Å². The first-order chi connectivity index (χ1) is 67.2. The van der Waals surface area contributed by atoms with Crippen LogP contribution in [0.5, 0.6) is 0 Å². The van der Waals surface area contributed by atoms with Gasteiger partial charge in [0.1, 0.15) is 28.0 Å². The predicted octanol–water partition coefficient (Wildman–Crippen LogP) is 29.4. The maximum absolute atomic E-state index is 12.1. The van der Waals surface area contributed by atoms with E-state index in [1.54, 1.807) is 27.7 Å². The second-order valence-corrected chi connectivity index (χ2v) is 52.5. The van der Waals surface area contributed by atoms with Gasteiger partial charge in [0.2, 0.25) is 18.9 Å². The van der Waals surface area contributed by atoms with Gasteiger partial charge in [0.15, 0.2) is 0 Å². The molecule has 22 aliphatic carbocycles. The van der Waals surface area contributed by atoms with E-state index in [1.165, 1.54) is 262 Å². The molecule has 13 unspecified atom stereocenters. The minimum Gasteiger partial charge on any atom is -0.456 e. The van der Waals surface area contributed by atoms with Gasteiger partial charge in [-0.2, -0.15) is 0 Å². The summed E-state index contributed by atoms with van der Waals surface area (Å²) in [4.78, 5) is 92.3. The molecule has 0 saturated heterocycles. The minimum atomic E-state index is -0.458. The van der Waals surface area contributed by atoms with Crippen LogP contribution in [0.2, 0.25) is 0 Å². The van der Waals surface area contributed by atoms with Crippen LogP contribution >= 0.6 is 0 Å². The highest BCUT2D eigenvalue weighted by atomic mass is 16.7. The van der Waals surface area contributed by atoms with E-state index in [0.717, 1.165) is 135 Å². The summed E-state index contributed by atoms with van der Waals surface area (Å²) in [5.74, 6) is 11.8. The average Bonchev–Trinajstić information content (AvgIpc) is 1.53. The molecule has 0 radical (unpaired) electrons. The molecule has 0 aromatic rings. The van der Waals surface area contributed by atoms with Gasteiger partial charge in [0.05, 0.1) is 17.3 Å². The Labute approximate surface area is 864 Å². The largest absolute Gasteiger partial charge is 0.456 e. The van der Waals surface area contributed by atoms with Crippen molar-refractivity contribution in [2.45, 2.75) is 498 Å². The quantitative estimate of drug-likeness (QED) is 0.0357. The Hall–Kier alpha value is -6.44. The second-order valence-electron chi connectivity index (χ2n) is 52.5. The number of hydrogen-bond acceptors (Lipinski definition) is 19. The molecule has 0 aromatic carbocycles. The van der Waals surface area contributed by atoms with Crippen LogP contribution in [0.1, 0.15) is 433 Å². The van der Waals surface area contributed by atoms with Gasteiger partial charge in [-0.3, -0.25) is 0 Å². The Morgan fingerprint density at radius 2 is 0.664 bits per heavy atom. The second kappa shape index (κ2) is 47.8. The lowest BCUT2D eigenvalue weighted by Crippen LogP contribution is -2.53. The summed E-state index contributed by atoms with van der Waals surface area (Å²) in [6.45, 7) is 67.8. The van der Waals surface area contributed by atoms with E-state index in [-0.39, 0.29) is 85.9 Å². The highest BCUT2D eigenvalue weighted by molar-refractivity contribution is 5.89. The topological polar surface area (TPSA) is 238 Å². The Bertz CT molecular complexity index is 4350. The normalized spacial score (nSPS) is 36.8. The van der Waals surface area contributed by atoms with Crippen molar-refractivity contribution in [3.05, 3.63) is 99.2 Å². The van der Waals surface area contributed by atoms with Gasteiger partial charge in [0.25, 0.3) is 0 Å². The van der Waals surface area contributed by atoms with Crippen molar-refractivity contribution in [3.8, 4) is 0 Å². The molecular formula is C124H194O19. The van der Waals surface area contributed by atoms with Crippen LogP contribution in [0.25, 0.3) is 0 Å². The number of rotatable bonds is 25. The SMILES string of the molecule is C=C(C)C(=O)OC(C)(C)C1CCCCC1.C=C(C)C(=O)OC(C)OC12CC3CC(CC(C3)C1)C2.C=C(C)C(=O)OC1(C)CCC23CC1C(C)(C)C2CCC3C.C=C(C)C(=O)OC1(C)CCCCC1.C=CC(=O)OC(C)(C1CCCCC1)C1CCCCC1.C=CC(=O)OC(C)OC12CC3CC(CC(C3)C1)C2.C=CC(=O)OC(C)OC1C2CC3CC(C2)CC1C3.C=CC(=O)OC1(C)CCC23CC1C(C)(C)C2CCC3C. The number of fused-ring (bicyclic) bond motifs is 2. The van der Waals surface area contributed by atoms with Crippen LogP contribution in [-0.2, 0) is 90.5 Å². The Morgan fingerprint density at radius 1 is 0.329 bits per heavy atom. The molecule has 13 atom stereocenters. The summed E-state index contributed by atoms with van der Waals surface area (Å²) in [7, 11) is 0. The number of carbonyl (C=O) groups is 8. The van der Waals surface area contributed by atoms with E-state index in [2.05, 4.69) is 115 Å². The van der Waals surface area contributed by atoms with E-state index < -0.39 is 30.8 Å². The summed E-state index contributed by atoms with van der Waals surface area (Å²) in [6.07, 6.45) is 62.9. The molecule has 143 heavy (non-hydrogen) atoms. The molecule has 22 aliphatic rings. The van der Waals surface area contributed by atoms with Crippen molar-refractivity contribution in [1.29, 1.82) is 0 Å².